The number of hydrogen-bond acceptors (Lipinski definition) is 4. The van der Waals surface area contributed by atoms with Crippen molar-refractivity contribution in [3.8, 4) is 0 Å². The standard InChI is InChI=1S/C16H21N3O2/c1-11-6-5-8-13-15(16(20)21-2)18-14(19(11)13)10-12-7-3-4-9-17-12/h5-6,8,12,17H,3-4,7,9-10H2,1-2H3. The number of piperidine rings is 1. The van der Waals surface area contributed by atoms with Crippen LogP contribution in [0.1, 0.15) is 41.3 Å². The van der Waals surface area contributed by atoms with Crippen LogP contribution < -0.4 is 5.32 Å². The van der Waals surface area contributed by atoms with Gasteiger partial charge in [-0.25, -0.2) is 9.78 Å². The first kappa shape index (κ1) is 14.1. The van der Waals surface area contributed by atoms with Crippen LogP contribution in [0.2, 0.25) is 0 Å². The molecule has 112 valence electrons. The third-order valence-corrected chi connectivity index (χ3v) is 4.15. The minimum Gasteiger partial charge on any atom is -0.464 e. The van der Waals surface area contributed by atoms with Gasteiger partial charge in [-0.1, -0.05) is 12.5 Å². The number of esters is 1. The van der Waals surface area contributed by atoms with Crippen molar-refractivity contribution < 1.29 is 9.53 Å². The second-order valence-electron chi connectivity index (χ2n) is 5.61. The minimum atomic E-state index is -0.374. The molecule has 0 spiro atoms. The summed E-state index contributed by atoms with van der Waals surface area (Å²) < 4.78 is 6.93. The fourth-order valence-electron chi connectivity index (χ4n) is 3.08. The van der Waals surface area contributed by atoms with Gasteiger partial charge in [-0.2, -0.15) is 0 Å². The molecule has 1 unspecified atom stereocenters. The molecule has 21 heavy (non-hydrogen) atoms. The van der Waals surface area contributed by atoms with Gasteiger partial charge in [0.2, 0.25) is 0 Å². The van der Waals surface area contributed by atoms with Crippen LogP contribution in [0.4, 0.5) is 0 Å². The Labute approximate surface area is 124 Å². The van der Waals surface area contributed by atoms with Crippen LogP contribution in [-0.2, 0) is 11.2 Å². The zero-order valence-electron chi connectivity index (χ0n) is 12.6. The van der Waals surface area contributed by atoms with Crippen LogP contribution >= 0.6 is 0 Å². The molecular formula is C16H21N3O2. The number of nitrogens with zero attached hydrogens (tertiary/aromatic N) is 2. The van der Waals surface area contributed by atoms with E-state index in [1.54, 1.807) is 0 Å². The quantitative estimate of drug-likeness (QED) is 0.879. The van der Waals surface area contributed by atoms with E-state index in [0.717, 1.165) is 36.4 Å². The number of aryl methyl sites for hydroxylation is 1. The van der Waals surface area contributed by atoms with Gasteiger partial charge < -0.3 is 14.5 Å². The lowest BCUT2D eigenvalue weighted by Crippen LogP contribution is -2.36. The second kappa shape index (κ2) is 5.85. The molecule has 1 saturated heterocycles. The van der Waals surface area contributed by atoms with Gasteiger partial charge in [-0.15, -0.1) is 0 Å². The molecule has 0 radical (unpaired) electrons. The van der Waals surface area contributed by atoms with Crippen molar-refractivity contribution in [1.82, 2.24) is 14.7 Å². The van der Waals surface area contributed by atoms with Crippen LogP contribution in [0.3, 0.4) is 0 Å². The van der Waals surface area contributed by atoms with Gasteiger partial charge >= 0.3 is 5.97 Å². The first-order valence-electron chi connectivity index (χ1n) is 7.49. The molecule has 1 atom stereocenters. The highest BCUT2D eigenvalue weighted by molar-refractivity contribution is 5.95. The summed E-state index contributed by atoms with van der Waals surface area (Å²) in [7, 11) is 1.39. The lowest BCUT2D eigenvalue weighted by molar-refractivity contribution is 0.0596. The number of ether oxygens (including phenoxy) is 1. The number of aromatic nitrogens is 2. The number of hydrogen-bond donors (Lipinski definition) is 1. The van der Waals surface area contributed by atoms with Crippen molar-refractivity contribution in [2.75, 3.05) is 13.7 Å². The van der Waals surface area contributed by atoms with Gasteiger partial charge in [0.1, 0.15) is 5.82 Å². The van der Waals surface area contributed by atoms with Gasteiger partial charge in [-0.3, -0.25) is 0 Å². The Bertz CT molecular complexity index is 657. The predicted octanol–water partition coefficient (Wildman–Crippen LogP) is 2.11. The van der Waals surface area contributed by atoms with E-state index in [1.807, 2.05) is 25.1 Å². The van der Waals surface area contributed by atoms with E-state index >= 15 is 0 Å². The van der Waals surface area contributed by atoms with E-state index in [2.05, 4.69) is 14.7 Å². The Hall–Kier alpha value is -1.88. The Morgan fingerprint density at radius 2 is 2.33 bits per heavy atom. The second-order valence-corrected chi connectivity index (χ2v) is 5.61. The van der Waals surface area contributed by atoms with Crippen molar-refractivity contribution in [2.24, 2.45) is 0 Å². The molecular weight excluding hydrogens is 266 g/mol. The third kappa shape index (κ3) is 2.65. The molecule has 0 aromatic carbocycles. The average Bonchev–Trinajstić information content (AvgIpc) is 2.87. The molecule has 0 aliphatic carbocycles. The Balaban J connectivity index is 2.02. The van der Waals surface area contributed by atoms with E-state index in [9.17, 15) is 4.79 Å². The van der Waals surface area contributed by atoms with Gasteiger partial charge in [0, 0.05) is 18.2 Å². The predicted molar refractivity (Wildman–Crippen MR) is 80.6 cm³/mol. The van der Waals surface area contributed by atoms with Crippen LogP contribution in [0, 0.1) is 6.92 Å². The smallest absolute Gasteiger partial charge is 0.358 e. The molecule has 1 N–H and O–H groups in total. The number of fused-ring (bicyclic) bond motifs is 1. The number of carbonyl (C=O) groups is 1. The first-order chi connectivity index (χ1) is 10.2. The molecule has 5 heteroatoms. The highest BCUT2D eigenvalue weighted by Crippen LogP contribution is 2.19. The average molecular weight is 287 g/mol. The number of pyridine rings is 1. The van der Waals surface area contributed by atoms with E-state index in [0.29, 0.717) is 11.7 Å². The highest BCUT2D eigenvalue weighted by atomic mass is 16.5. The largest absolute Gasteiger partial charge is 0.464 e. The van der Waals surface area contributed by atoms with Gasteiger partial charge in [0.25, 0.3) is 0 Å². The van der Waals surface area contributed by atoms with Gasteiger partial charge in [-0.05, 0) is 38.4 Å². The van der Waals surface area contributed by atoms with E-state index < -0.39 is 0 Å². The van der Waals surface area contributed by atoms with E-state index in [4.69, 9.17) is 4.74 Å². The fraction of sp³-hybridized carbons (Fsp3) is 0.500. The maximum atomic E-state index is 11.9. The highest BCUT2D eigenvalue weighted by Gasteiger charge is 2.22. The molecule has 1 aliphatic rings. The molecule has 2 aromatic heterocycles. The molecule has 1 fully saturated rings. The summed E-state index contributed by atoms with van der Waals surface area (Å²) in [6.45, 7) is 3.10. The zero-order chi connectivity index (χ0) is 14.8. The van der Waals surface area contributed by atoms with Crippen LogP contribution in [0.5, 0.6) is 0 Å². The number of methoxy groups -OCH3 is 1. The van der Waals surface area contributed by atoms with Crippen LogP contribution in [0.25, 0.3) is 5.52 Å². The maximum absolute atomic E-state index is 11.9. The van der Waals surface area contributed by atoms with Crippen molar-refractivity contribution >= 4 is 11.5 Å². The lowest BCUT2D eigenvalue weighted by Gasteiger charge is -2.23. The fourth-order valence-corrected chi connectivity index (χ4v) is 3.08. The number of imidazole rings is 1. The summed E-state index contributed by atoms with van der Waals surface area (Å²) in [4.78, 5) is 16.5. The number of rotatable bonds is 3. The van der Waals surface area contributed by atoms with Crippen molar-refractivity contribution in [3.05, 3.63) is 35.4 Å². The van der Waals surface area contributed by atoms with Crippen molar-refractivity contribution in [1.29, 1.82) is 0 Å². The molecule has 3 heterocycles. The molecule has 5 nitrogen and oxygen atoms in total. The summed E-state index contributed by atoms with van der Waals surface area (Å²) in [6, 6.07) is 6.34. The molecule has 2 aromatic rings. The monoisotopic (exact) mass is 287 g/mol. The Morgan fingerprint density at radius 3 is 3.05 bits per heavy atom. The molecule has 3 rings (SSSR count). The van der Waals surface area contributed by atoms with Crippen LogP contribution in [-0.4, -0.2) is 35.1 Å². The van der Waals surface area contributed by atoms with Crippen molar-refractivity contribution in [3.63, 3.8) is 0 Å². The summed E-state index contributed by atoms with van der Waals surface area (Å²) in [6.07, 6.45) is 4.49. The minimum absolute atomic E-state index is 0.374. The number of carbonyl (C=O) groups excluding carboxylic acids is 1. The third-order valence-electron chi connectivity index (χ3n) is 4.15. The van der Waals surface area contributed by atoms with E-state index in [1.165, 1.54) is 20.0 Å². The molecule has 0 bridgehead atoms. The molecule has 0 amide bonds. The van der Waals surface area contributed by atoms with E-state index in [-0.39, 0.29) is 5.97 Å². The zero-order valence-corrected chi connectivity index (χ0v) is 12.6. The lowest BCUT2D eigenvalue weighted by atomic mass is 10.0. The summed E-state index contributed by atoms with van der Waals surface area (Å²) in [5, 5.41) is 3.53. The van der Waals surface area contributed by atoms with Crippen LogP contribution in [0.15, 0.2) is 18.2 Å². The van der Waals surface area contributed by atoms with Crippen molar-refractivity contribution in [2.45, 2.75) is 38.6 Å². The van der Waals surface area contributed by atoms with Gasteiger partial charge in [0.05, 0.1) is 12.6 Å². The summed E-state index contributed by atoms with van der Waals surface area (Å²) in [5.41, 5.74) is 2.32. The number of nitrogens with one attached hydrogen (secondary N) is 1. The Kier molecular flexibility index (Phi) is 3.92. The molecule has 0 saturated carbocycles. The summed E-state index contributed by atoms with van der Waals surface area (Å²) >= 11 is 0. The SMILES string of the molecule is COC(=O)c1nc(CC2CCCCN2)n2c(C)cccc12. The first-order valence-corrected chi connectivity index (χ1v) is 7.49. The topological polar surface area (TPSA) is 55.6 Å². The van der Waals surface area contributed by atoms with Gasteiger partial charge in [0.15, 0.2) is 5.69 Å². The Morgan fingerprint density at radius 1 is 1.48 bits per heavy atom. The maximum Gasteiger partial charge on any atom is 0.358 e. The normalized spacial score (nSPS) is 18.9. The summed E-state index contributed by atoms with van der Waals surface area (Å²) in [5.74, 6) is 0.559. The molecule has 1 aliphatic heterocycles.